The summed E-state index contributed by atoms with van der Waals surface area (Å²) >= 11 is 11.8. The fourth-order valence-electron chi connectivity index (χ4n) is 2.30. The van der Waals surface area contributed by atoms with Crippen molar-refractivity contribution in [1.82, 2.24) is 5.43 Å². The van der Waals surface area contributed by atoms with Crippen molar-refractivity contribution in [2.45, 2.75) is 6.92 Å². The van der Waals surface area contributed by atoms with E-state index in [-0.39, 0.29) is 21.4 Å². The number of carbonyl (C=O) groups is 1. The number of nitrogens with one attached hydrogen (secondary N) is 1. The lowest BCUT2D eigenvalue weighted by Gasteiger charge is -2.21. The second-order valence-corrected chi connectivity index (χ2v) is 8.72. The number of benzene rings is 2. The quantitative estimate of drug-likeness (QED) is 0.387. The average molecular weight is 459 g/mol. The lowest BCUT2D eigenvalue weighted by atomic mass is 10.1. The third kappa shape index (κ3) is 6.41. The van der Waals surface area contributed by atoms with Crippen LogP contribution in [-0.4, -0.2) is 37.8 Å². The molecule has 2 aromatic rings. The van der Waals surface area contributed by atoms with Crippen molar-refractivity contribution >= 4 is 56.2 Å². The van der Waals surface area contributed by atoms with Crippen molar-refractivity contribution in [3.05, 3.63) is 68.2 Å². The summed E-state index contributed by atoms with van der Waals surface area (Å²) in [4.78, 5) is 22.6. The van der Waals surface area contributed by atoms with Gasteiger partial charge in [-0.1, -0.05) is 35.3 Å². The summed E-state index contributed by atoms with van der Waals surface area (Å²) < 4.78 is 25.1. The summed E-state index contributed by atoms with van der Waals surface area (Å²) in [6.45, 7) is 0.978. The molecule has 9 nitrogen and oxygen atoms in total. The molecule has 0 aliphatic heterocycles. The summed E-state index contributed by atoms with van der Waals surface area (Å²) in [5.74, 6) is -0.726. The number of carbonyl (C=O) groups excluding carboxylic acids is 1. The zero-order chi connectivity index (χ0) is 21.8. The number of rotatable bonds is 7. The molecule has 0 aliphatic rings. The molecule has 154 valence electrons. The Hall–Kier alpha value is -2.69. The molecule has 2 aromatic carbocycles. The topological polar surface area (TPSA) is 122 Å². The van der Waals surface area contributed by atoms with Crippen LogP contribution in [0.1, 0.15) is 12.5 Å². The molecule has 0 bridgehead atoms. The summed E-state index contributed by atoms with van der Waals surface area (Å²) in [6.07, 6.45) is 0.937. The Kier molecular flexibility index (Phi) is 7.17. The van der Waals surface area contributed by atoms with Crippen LogP contribution in [0.4, 0.5) is 11.4 Å². The van der Waals surface area contributed by atoms with E-state index in [4.69, 9.17) is 23.2 Å². The Bertz CT molecular complexity index is 1070. The van der Waals surface area contributed by atoms with Gasteiger partial charge >= 0.3 is 0 Å². The van der Waals surface area contributed by atoms with Crippen LogP contribution in [0, 0.1) is 10.1 Å². The van der Waals surface area contributed by atoms with Gasteiger partial charge in [-0.2, -0.15) is 5.10 Å². The maximum absolute atomic E-state index is 12.3. The Balaban J connectivity index is 2.19. The first-order valence-corrected chi connectivity index (χ1v) is 10.6. The van der Waals surface area contributed by atoms with Gasteiger partial charge in [0.25, 0.3) is 11.6 Å². The molecule has 0 unspecified atom stereocenters. The largest absolute Gasteiger partial charge is 0.271 e. The molecule has 0 aliphatic carbocycles. The third-order valence-corrected chi connectivity index (χ3v) is 5.22. The first-order valence-electron chi connectivity index (χ1n) is 7.99. The van der Waals surface area contributed by atoms with E-state index in [1.54, 1.807) is 13.0 Å². The lowest BCUT2D eigenvalue weighted by Crippen LogP contribution is -2.39. The second kappa shape index (κ2) is 9.21. The van der Waals surface area contributed by atoms with E-state index in [2.05, 4.69) is 10.5 Å². The molecule has 2 rings (SSSR count). The number of sulfonamides is 1. The number of amides is 1. The maximum Gasteiger partial charge on any atom is 0.270 e. The lowest BCUT2D eigenvalue weighted by molar-refractivity contribution is -0.384. The number of non-ortho nitro benzene ring substituents is 1. The monoisotopic (exact) mass is 458 g/mol. The Labute approximate surface area is 177 Å². The SMILES string of the molecule is C/C(=N/NC(=O)CN(c1cc(Cl)cc(Cl)c1)S(C)(=O)=O)c1cccc([N+](=O)[O-])c1. The fraction of sp³-hybridized carbons (Fsp3) is 0.176. The molecule has 1 N–H and O–H groups in total. The van der Waals surface area contributed by atoms with Crippen LogP contribution < -0.4 is 9.73 Å². The molecule has 0 aromatic heterocycles. The van der Waals surface area contributed by atoms with E-state index in [1.165, 1.54) is 36.4 Å². The zero-order valence-electron chi connectivity index (χ0n) is 15.3. The van der Waals surface area contributed by atoms with E-state index in [0.29, 0.717) is 11.3 Å². The van der Waals surface area contributed by atoms with Gasteiger partial charge in [-0.05, 0) is 25.1 Å². The van der Waals surface area contributed by atoms with E-state index in [1.807, 2.05) is 0 Å². The summed E-state index contributed by atoms with van der Waals surface area (Å²) in [5.41, 5.74) is 2.98. The van der Waals surface area contributed by atoms with Gasteiger partial charge in [0.15, 0.2) is 0 Å². The number of anilines is 1. The van der Waals surface area contributed by atoms with Crippen LogP contribution in [0.2, 0.25) is 10.0 Å². The van der Waals surface area contributed by atoms with E-state index in [0.717, 1.165) is 10.6 Å². The van der Waals surface area contributed by atoms with E-state index >= 15 is 0 Å². The van der Waals surface area contributed by atoms with Gasteiger partial charge in [0, 0.05) is 27.7 Å². The molecule has 1 amide bonds. The maximum atomic E-state index is 12.3. The minimum Gasteiger partial charge on any atom is -0.271 e. The van der Waals surface area contributed by atoms with Crippen molar-refractivity contribution in [2.24, 2.45) is 5.10 Å². The van der Waals surface area contributed by atoms with Crippen LogP contribution in [0.25, 0.3) is 0 Å². The standard InChI is InChI=1S/C17H16Cl2N4O5S/c1-11(12-4-3-5-15(6-12)23(25)26)20-21-17(24)10-22(29(2,27)28)16-8-13(18)7-14(19)9-16/h3-9H,10H2,1-2H3,(H,21,24)/b20-11-. The van der Waals surface area contributed by atoms with Crippen molar-refractivity contribution < 1.29 is 18.1 Å². The van der Waals surface area contributed by atoms with Crippen LogP contribution in [0.5, 0.6) is 0 Å². The number of nitro benzene ring substituents is 1. The first-order chi connectivity index (χ1) is 13.5. The van der Waals surface area contributed by atoms with Gasteiger partial charge in [-0.25, -0.2) is 13.8 Å². The van der Waals surface area contributed by atoms with Crippen LogP contribution >= 0.6 is 23.2 Å². The van der Waals surface area contributed by atoms with Gasteiger partial charge in [-0.15, -0.1) is 0 Å². The molecule has 29 heavy (non-hydrogen) atoms. The number of hydrogen-bond donors (Lipinski definition) is 1. The summed E-state index contributed by atoms with van der Waals surface area (Å²) in [6, 6.07) is 9.87. The van der Waals surface area contributed by atoms with Crippen LogP contribution in [-0.2, 0) is 14.8 Å². The van der Waals surface area contributed by atoms with Gasteiger partial charge in [-0.3, -0.25) is 19.2 Å². The molecule has 0 spiro atoms. The fourth-order valence-corrected chi connectivity index (χ4v) is 3.66. The predicted molar refractivity (Wildman–Crippen MR) is 112 cm³/mol. The minimum atomic E-state index is -3.82. The molecule has 12 heteroatoms. The molecule has 0 saturated carbocycles. The van der Waals surface area contributed by atoms with Gasteiger partial charge in [0.2, 0.25) is 10.0 Å². The summed E-state index contributed by atoms with van der Waals surface area (Å²) in [5, 5.41) is 15.2. The zero-order valence-corrected chi connectivity index (χ0v) is 17.6. The molecule has 0 radical (unpaired) electrons. The predicted octanol–water partition coefficient (Wildman–Crippen LogP) is 3.21. The van der Waals surface area contributed by atoms with Gasteiger partial charge in [0.05, 0.1) is 22.6 Å². The number of hydrazone groups is 1. The molecule has 0 atom stereocenters. The highest BCUT2D eigenvalue weighted by atomic mass is 35.5. The summed E-state index contributed by atoms with van der Waals surface area (Å²) in [7, 11) is -3.82. The Morgan fingerprint density at radius 3 is 2.38 bits per heavy atom. The van der Waals surface area contributed by atoms with Crippen molar-refractivity contribution in [1.29, 1.82) is 0 Å². The average Bonchev–Trinajstić information content (AvgIpc) is 2.62. The number of nitrogens with zero attached hydrogens (tertiary/aromatic N) is 3. The highest BCUT2D eigenvalue weighted by molar-refractivity contribution is 7.92. The smallest absolute Gasteiger partial charge is 0.270 e. The highest BCUT2D eigenvalue weighted by Gasteiger charge is 2.21. The third-order valence-electron chi connectivity index (χ3n) is 3.65. The highest BCUT2D eigenvalue weighted by Crippen LogP contribution is 2.26. The van der Waals surface area contributed by atoms with Crippen molar-refractivity contribution in [2.75, 3.05) is 17.1 Å². The molecule has 0 fully saturated rings. The normalized spacial score (nSPS) is 11.8. The molecular formula is C17H16Cl2N4O5S. The number of halogens is 2. The molecule has 0 heterocycles. The second-order valence-electron chi connectivity index (χ2n) is 5.94. The van der Waals surface area contributed by atoms with Crippen LogP contribution in [0.3, 0.4) is 0 Å². The van der Waals surface area contributed by atoms with E-state index < -0.39 is 27.4 Å². The minimum absolute atomic E-state index is 0.121. The van der Waals surface area contributed by atoms with Crippen molar-refractivity contribution in [3.8, 4) is 0 Å². The van der Waals surface area contributed by atoms with Gasteiger partial charge < -0.3 is 0 Å². The first kappa shape index (κ1) is 22.6. The molecular weight excluding hydrogens is 443 g/mol. The number of nitro groups is 1. The number of hydrogen-bond acceptors (Lipinski definition) is 6. The van der Waals surface area contributed by atoms with E-state index in [9.17, 15) is 23.3 Å². The van der Waals surface area contributed by atoms with Crippen LogP contribution in [0.15, 0.2) is 47.6 Å². The van der Waals surface area contributed by atoms with Crippen molar-refractivity contribution in [3.63, 3.8) is 0 Å². The Morgan fingerprint density at radius 1 is 1.21 bits per heavy atom. The molecule has 0 saturated heterocycles. The van der Waals surface area contributed by atoms with Gasteiger partial charge in [0.1, 0.15) is 6.54 Å². The Morgan fingerprint density at radius 2 is 1.83 bits per heavy atom.